The zero-order valence-corrected chi connectivity index (χ0v) is 19.8. The molecule has 3 aromatic heterocycles. The van der Waals surface area contributed by atoms with Crippen LogP contribution in [-0.4, -0.2) is 22.5 Å². The molecule has 0 atom stereocenters. The van der Waals surface area contributed by atoms with E-state index in [-0.39, 0.29) is 22.7 Å². The molecule has 5 aromatic rings. The first-order valence-corrected chi connectivity index (χ1v) is 12.2. The number of para-hydroxylation sites is 1. The first-order chi connectivity index (χ1) is 16.1. The van der Waals surface area contributed by atoms with E-state index in [1.165, 1.54) is 6.07 Å². The number of furan rings is 1. The number of nitrogens with zero attached hydrogens (tertiary/aromatic N) is 2. The Morgan fingerprint density at radius 1 is 1.03 bits per heavy atom. The molecule has 9 heteroatoms. The number of hydrogen-bond donors (Lipinski definition) is 1. The van der Waals surface area contributed by atoms with E-state index in [0.29, 0.717) is 16.5 Å². The molecule has 0 bridgehead atoms. The third-order valence-electron chi connectivity index (χ3n) is 5.75. The molecule has 0 amide bonds. The highest BCUT2D eigenvalue weighted by Crippen LogP contribution is 2.40. The lowest BCUT2D eigenvalue weighted by Gasteiger charge is -2.13. The van der Waals surface area contributed by atoms with E-state index in [4.69, 9.17) is 16.0 Å². The summed E-state index contributed by atoms with van der Waals surface area (Å²) in [5.74, 6) is 0. The second kappa shape index (κ2) is 8.09. The summed E-state index contributed by atoms with van der Waals surface area (Å²) in [6, 6.07) is 17.0. The molecule has 0 radical (unpaired) electrons. The van der Waals surface area contributed by atoms with Crippen LogP contribution < -0.4 is 5.56 Å². The summed E-state index contributed by atoms with van der Waals surface area (Å²) < 4.78 is 40.8. The Labute approximate surface area is 200 Å². The van der Waals surface area contributed by atoms with Gasteiger partial charge in [0.05, 0.1) is 17.6 Å². The van der Waals surface area contributed by atoms with Gasteiger partial charge in [-0.25, -0.2) is 0 Å². The minimum absolute atomic E-state index is 0.160. The van der Waals surface area contributed by atoms with Crippen molar-refractivity contribution in [3.05, 3.63) is 93.0 Å². The quantitative estimate of drug-likeness (QED) is 0.337. The number of fused-ring (bicyclic) bond motifs is 2. The smallest absolute Gasteiger partial charge is 0.328 e. The van der Waals surface area contributed by atoms with E-state index in [2.05, 4.69) is 4.98 Å². The molecular formula is C25H19ClN2O5S. The van der Waals surface area contributed by atoms with E-state index in [1.807, 2.05) is 19.9 Å². The van der Waals surface area contributed by atoms with Gasteiger partial charge in [0.25, 0.3) is 10.7 Å². The van der Waals surface area contributed by atoms with Crippen LogP contribution in [0.3, 0.4) is 0 Å². The molecular weight excluding hydrogens is 476 g/mol. The monoisotopic (exact) mass is 494 g/mol. The van der Waals surface area contributed by atoms with Gasteiger partial charge in [0.1, 0.15) is 5.58 Å². The highest BCUT2D eigenvalue weighted by Gasteiger charge is 2.26. The molecule has 0 aliphatic rings. The van der Waals surface area contributed by atoms with Crippen LogP contribution in [-0.2, 0) is 16.7 Å². The van der Waals surface area contributed by atoms with Gasteiger partial charge in [0.2, 0.25) is 0 Å². The lowest BCUT2D eigenvalue weighted by atomic mass is 10.0. The number of hydrogen-bond acceptors (Lipinski definition) is 5. The van der Waals surface area contributed by atoms with Crippen LogP contribution >= 0.6 is 11.6 Å². The molecule has 0 spiro atoms. The van der Waals surface area contributed by atoms with E-state index < -0.39 is 15.2 Å². The minimum atomic E-state index is -4.63. The van der Waals surface area contributed by atoms with E-state index in [1.54, 1.807) is 53.1 Å². The predicted octanol–water partition coefficient (Wildman–Crippen LogP) is 5.37. The summed E-state index contributed by atoms with van der Waals surface area (Å²) >= 11 is 6.60. The fraction of sp³-hybridized carbons (Fsp3) is 0.120. The van der Waals surface area contributed by atoms with Crippen LogP contribution in [0.1, 0.15) is 17.0 Å². The number of pyridine rings is 2. The van der Waals surface area contributed by atoms with Gasteiger partial charge in [-0.05, 0) is 43.7 Å². The number of aryl methyl sites for hydroxylation is 2. The average Bonchev–Trinajstić information content (AvgIpc) is 3.16. The normalized spacial score (nSPS) is 12.0. The summed E-state index contributed by atoms with van der Waals surface area (Å²) in [4.78, 5) is 17.2. The van der Waals surface area contributed by atoms with Crippen molar-refractivity contribution in [3.63, 3.8) is 0 Å². The first-order valence-electron chi connectivity index (χ1n) is 10.4. The zero-order valence-electron chi connectivity index (χ0n) is 18.2. The fourth-order valence-electron chi connectivity index (χ4n) is 4.28. The van der Waals surface area contributed by atoms with E-state index in [0.717, 1.165) is 27.9 Å². The molecule has 3 heterocycles. The van der Waals surface area contributed by atoms with Gasteiger partial charge >= 0.3 is 10.1 Å². The molecule has 7 nitrogen and oxygen atoms in total. The van der Waals surface area contributed by atoms with Crippen LogP contribution in [0.25, 0.3) is 33.0 Å². The van der Waals surface area contributed by atoms with Crippen molar-refractivity contribution < 1.29 is 17.4 Å². The molecule has 0 saturated carbocycles. The molecule has 1 N–H and O–H groups in total. The largest absolute Gasteiger partial charge is 0.442 e. The van der Waals surface area contributed by atoms with Crippen LogP contribution in [0.4, 0.5) is 0 Å². The summed E-state index contributed by atoms with van der Waals surface area (Å²) in [6.45, 7) is 4.04. The second-order valence-corrected chi connectivity index (χ2v) is 9.82. The number of rotatable bonds is 4. The molecule has 0 aliphatic carbocycles. The maximum Gasteiger partial charge on any atom is 0.328 e. The average molecular weight is 495 g/mol. The SMILES string of the molecule is Cc1cc2c(ccc(=O)n2Cc2ccc(-c3c(S(=O)(=O)O)oc4ccccc34)c(Cl)c2)c(C)n1. The highest BCUT2D eigenvalue weighted by atomic mass is 35.5. The van der Waals surface area contributed by atoms with Crippen molar-refractivity contribution in [1.29, 1.82) is 0 Å². The standard InChI is InChI=1S/C25H19ClN2O5S/c1-14-11-21-17(15(2)27-14)9-10-23(29)28(21)13-16-7-8-18(20(26)12-16)24-19-5-3-4-6-22(19)33-25(24)34(30,31)32/h3-12H,13H2,1-2H3,(H,30,31,32). The highest BCUT2D eigenvalue weighted by molar-refractivity contribution is 7.85. The fourth-order valence-corrected chi connectivity index (χ4v) is 5.25. The Kier molecular flexibility index (Phi) is 5.31. The summed E-state index contributed by atoms with van der Waals surface area (Å²) in [5.41, 5.74) is 3.89. The van der Waals surface area contributed by atoms with Gasteiger partial charge in [-0.15, -0.1) is 0 Å². The van der Waals surface area contributed by atoms with Crippen molar-refractivity contribution in [1.82, 2.24) is 9.55 Å². The summed E-state index contributed by atoms with van der Waals surface area (Å²) in [5, 5.41) is 1.09. The molecule has 172 valence electrons. The Morgan fingerprint density at radius 3 is 2.53 bits per heavy atom. The van der Waals surface area contributed by atoms with Crippen molar-refractivity contribution >= 4 is 43.6 Å². The third kappa shape index (κ3) is 3.79. The van der Waals surface area contributed by atoms with Crippen LogP contribution in [0, 0.1) is 13.8 Å². The Bertz CT molecular complexity index is 1770. The van der Waals surface area contributed by atoms with Crippen LogP contribution in [0.5, 0.6) is 0 Å². The Hall–Kier alpha value is -3.46. The topological polar surface area (TPSA) is 102 Å². The number of halogens is 1. The summed E-state index contributed by atoms with van der Waals surface area (Å²) in [6.07, 6.45) is 0. The molecule has 2 aromatic carbocycles. The van der Waals surface area contributed by atoms with Crippen molar-refractivity contribution in [2.24, 2.45) is 0 Å². The molecule has 0 unspecified atom stereocenters. The van der Waals surface area contributed by atoms with Crippen LogP contribution in [0.15, 0.2) is 75.0 Å². The molecule has 0 fully saturated rings. The zero-order chi connectivity index (χ0) is 24.2. The Balaban J connectivity index is 1.64. The van der Waals surface area contributed by atoms with Gasteiger partial charge in [-0.2, -0.15) is 8.42 Å². The molecule has 34 heavy (non-hydrogen) atoms. The lowest BCUT2D eigenvalue weighted by Crippen LogP contribution is -2.20. The van der Waals surface area contributed by atoms with Crippen molar-refractivity contribution in [2.45, 2.75) is 25.5 Å². The lowest BCUT2D eigenvalue weighted by molar-refractivity contribution is 0.426. The minimum Gasteiger partial charge on any atom is -0.442 e. The first kappa shape index (κ1) is 22.3. The number of benzene rings is 2. The van der Waals surface area contributed by atoms with Gasteiger partial charge in [0, 0.05) is 38.8 Å². The maximum atomic E-state index is 12.7. The maximum absolute atomic E-state index is 12.7. The predicted molar refractivity (Wildman–Crippen MR) is 131 cm³/mol. The van der Waals surface area contributed by atoms with Gasteiger partial charge in [-0.1, -0.05) is 41.9 Å². The van der Waals surface area contributed by atoms with Gasteiger partial charge < -0.3 is 8.98 Å². The molecule has 0 saturated heterocycles. The molecule has 5 rings (SSSR count). The summed E-state index contributed by atoms with van der Waals surface area (Å²) in [7, 11) is -4.63. The van der Waals surface area contributed by atoms with Crippen molar-refractivity contribution in [3.8, 4) is 11.1 Å². The van der Waals surface area contributed by atoms with Gasteiger partial charge in [0.15, 0.2) is 0 Å². The third-order valence-corrected chi connectivity index (χ3v) is 6.81. The van der Waals surface area contributed by atoms with E-state index >= 15 is 0 Å². The Morgan fingerprint density at radius 2 is 1.79 bits per heavy atom. The second-order valence-electron chi connectivity index (χ2n) is 8.09. The molecule has 0 aliphatic heterocycles. The van der Waals surface area contributed by atoms with E-state index in [9.17, 15) is 17.8 Å². The van der Waals surface area contributed by atoms with Crippen LogP contribution in [0.2, 0.25) is 5.02 Å². The van der Waals surface area contributed by atoms with Gasteiger partial charge in [-0.3, -0.25) is 14.3 Å². The van der Waals surface area contributed by atoms with Crippen molar-refractivity contribution in [2.75, 3.05) is 0 Å². The number of aromatic nitrogens is 2.